The molecule has 0 radical (unpaired) electrons. The number of carbonyl (C=O) groups is 1. The summed E-state index contributed by atoms with van der Waals surface area (Å²) in [4.78, 5) is 11.3. The van der Waals surface area contributed by atoms with E-state index in [1.54, 1.807) is 30.3 Å². The summed E-state index contributed by atoms with van der Waals surface area (Å²) in [7, 11) is 0. The Balaban J connectivity index is 2.28. The minimum Gasteiger partial charge on any atom is -0.828 e. The number of esters is 1. The van der Waals surface area contributed by atoms with Crippen LogP contribution in [0.2, 0.25) is 0 Å². The minimum atomic E-state index is -6.37. The largest absolute Gasteiger partial charge is 0.828 e. The van der Waals surface area contributed by atoms with Crippen LogP contribution in [0, 0.1) is 0 Å². The fourth-order valence-electron chi connectivity index (χ4n) is 2.06. The monoisotopic (exact) mass is 351 g/mol. The number of hydrogen-bond donors (Lipinski definition) is 0. The number of hydrogen-bond acceptors (Lipinski definition) is 3. The molecule has 0 atom stereocenters. The van der Waals surface area contributed by atoms with Crippen molar-refractivity contribution >= 4 is 16.7 Å². The third kappa shape index (κ3) is 3.03. The van der Waals surface area contributed by atoms with Gasteiger partial charge in [-0.1, -0.05) is 42.5 Å². The molecule has 0 amide bonds. The lowest BCUT2D eigenvalue weighted by Gasteiger charge is -2.40. The molecule has 130 valence electrons. The van der Waals surface area contributed by atoms with Gasteiger partial charge in [0.15, 0.2) is 5.60 Å². The predicted molar refractivity (Wildman–Crippen MR) is 68.6 cm³/mol. The summed E-state index contributed by atoms with van der Waals surface area (Å²) in [5, 5.41) is 12.3. The Bertz CT molecular complexity index is 731. The van der Waals surface area contributed by atoms with E-state index in [2.05, 4.69) is 4.74 Å². The van der Waals surface area contributed by atoms with E-state index in [4.69, 9.17) is 0 Å². The van der Waals surface area contributed by atoms with Gasteiger partial charge in [-0.15, -0.1) is 0 Å². The fourth-order valence-corrected chi connectivity index (χ4v) is 2.06. The van der Waals surface area contributed by atoms with Crippen LogP contribution in [0.25, 0.3) is 10.8 Å². The number of rotatable bonds is 3. The Kier molecular flexibility index (Phi) is 4.49. The van der Waals surface area contributed by atoms with Gasteiger partial charge >= 0.3 is 18.3 Å². The highest BCUT2D eigenvalue weighted by Gasteiger charge is 2.68. The van der Waals surface area contributed by atoms with E-state index in [1.807, 2.05) is 0 Å². The molecule has 2 rings (SSSR count). The van der Waals surface area contributed by atoms with E-state index in [0.29, 0.717) is 10.8 Å². The van der Waals surface area contributed by atoms with Gasteiger partial charge in [-0.2, -0.15) is 26.3 Å². The molecule has 0 aromatic heterocycles. The van der Waals surface area contributed by atoms with Crippen LogP contribution in [-0.2, 0) is 16.1 Å². The second-order valence-electron chi connectivity index (χ2n) is 4.89. The summed E-state index contributed by atoms with van der Waals surface area (Å²) >= 11 is 0. The van der Waals surface area contributed by atoms with Gasteiger partial charge in [-0.3, -0.25) is 4.79 Å². The molecule has 0 N–H and O–H groups in total. The lowest BCUT2D eigenvalue weighted by Crippen LogP contribution is -2.71. The molecular formula is C15H9F6O3-. The first-order valence-corrected chi connectivity index (χ1v) is 6.46. The number of benzene rings is 2. The van der Waals surface area contributed by atoms with E-state index >= 15 is 0 Å². The van der Waals surface area contributed by atoms with Crippen LogP contribution in [0.15, 0.2) is 42.5 Å². The van der Waals surface area contributed by atoms with Gasteiger partial charge in [-0.05, 0) is 16.3 Å². The Morgan fingerprint density at radius 3 is 2.04 bits per heavy atom. The van der Waals surface area contributed by atoms with Crippen LogP contribution in [0.3, 0.4) is 0 Å². The van der Waals surface area contributed by atoms with Gasteiger partial charge < -0.3 is 9.84 Å². The van der Waals surface area contributed by atoms with Crippen molar-refractivity contribution in [3.63, 3.8) is 0 Å². The third-order valence-electron chi connectivity index (χ3n) is 3.32. The summed E-state index contributed by atoms with van der Waals surface area (Å²) in [5.74, 6) is -2.93. The van der Waals surface area contributed by atoms with Gasteiger partial charge in [0.2, 0.25) is 0 Å². The van der Waals surface area contributed by atoms with Gasteiger partial charge in [0.25, 0.3) is 0 Å². The summed E-state index contributed by atoms with van der Waals surface area (Å²) < 4.78 is 79.0. The van der Waals surface area contributed by atoms with E-state index < -0.39 is 30.5 Å². The number of halogens is 6. The van der Waals surface area contributed by atoms with Crippen LogP contribution in [0.5, 0.6) is 0 Å². The standard InChI is InChI=1S/C15H9F6O3/c16-14(17,18)13(23,15(19,20)21)12(22)24-8-10-6-3-5-9-4-1-2-7-11(9)10/h1-7H,8H2/q-1. The van der Waals surface area contributed by atoms with Crippen molar-refractivity contribution in [2.45, 2.75) is 24.6 Å². The maximum Gasteiger partial charge on any atom is 0.399 e. The zero-order valence-electron chi connectivity index (χ0n) is 11.7. The average molecular weight is 351 g/mol. The average Bonchev–Trinajstić information content (AvgIpc) is 2.49. The van der Waals surface area contributed by atoms with Gasteiger partial charge in [0.05, 0.1) is 0 Å². The van der Waals surface area contributed by atoms with Crippen molar-refractivity contribution in [3.05, 3.63) is 48.0 Å². The SMILES string of the molecule is O=C(OCc1cccc2ccccc12)C([O-])(C(F)(F)F)C(F)(F)F. The first-order chi connectivity index (χ1) is 11.0. The van der Waals surface area contributed by atoms with Gasteiger partial charge in [0.1, 0.15) is 6.61 Å². The maximum atomic E-state index is 12.5. The van der Waals surface area contributed by atoms with Crippen LogP contribution in [0.1, 0.15) is 5.56 Å². The molecule has 0 bridgehead atoms. The molecule has 0 heterocycles. The van der Waals surface area contributed by atoms with Crippen molar-refractivity contribution in [2.24, 2.45) is 0 Å². The van der Waals surface area contributed by atoms with Crippen molar-refractivity contribution in [1.82, 2.24) is 0 Å². The lowest BCUT2D eigenvalue weighted by molar-refractivity contribution is -0.574. The molecule has 0 aliphatic heterocycles. The Morgan fingerprint density at radius 1 is 0.917 bits per heavy atom. The number of carbonyl (C=O) groups excluding carboxylic acids is 1. The molecule has 24 heavy (non-hydrogen) atoms. The molecule has 9 heteroatoms. The van der Waals surface area contributed by atoms with E-state index in [0.717, 1.165) is 0 Å². The Hall–Kier alpha value is -2.29. The maximum absolute atomic E-state index is 12.5. The number of ether oxygens (including phenoxy) is 1. The summed E-state index contributed by atoms with van der Waals surface area (Å²) in [6.45, 7) is -0.893. The first kappa shape index (κ1) is 18.1. The zero-order valence-corrected chi connectivity index (χ0v) is 11.7. The smallest absolute Gasteiger partial charge is 0.399 e. The lowest BCUT2D eigenvalue weighted by atomic mass is 10.0. The number of fused-ring (bicyclic) bond motifs is 1. The molecule has 0 spiro atoms. The van der Waals surface area contributed by atoms with Crippen LogP contribution < -0.4 is 5.11 Å². The number of alkyl halides is 6. The van der Waals surface area contributed by atoms with Crippen molar-refractivity contribution in [2.75, 3.05) is 0 Å². The molecule has 3 nitrogen and oxygen atoms in total. The molecule has 0 saturated heterocycles. The molecule has 0 aliphatic carbocycles. The van der Waals surface area contributed by atoms with Crippen LogP contribution >= 0.6 is 0 Å². The normalized spacial score (nSPS) is 13.1. The van der Waals surface area contributed by atoms with Gasteiger partial charge in [-0.25, -0.2) is 0 Å². The van der Waals surface area contributed by atoms with E-state index in [-0.39, 0.29) is 5.56 Å². The fraction of sp³-hybridized carbons (Fsp3) is 0.267. The highest BCUT2D eigenvalue weighted by atomic mass is 19.4. The van der Waals surface area contributed by atoms with Crippen molar-refractivity contribution in [1.29, 1.82) is 0 Å². The zero-order chi connectivity index (χ0) is 18.2. The summed E-state index contributed by atoms with van der Waals surface area (Å²) in [6, 6.07) is 11.0. The molecule has 0 aliphatic rings. The predicted octanol–water partition coefficient (Wildman–Crippen LogP) is 3.11. The highest BCUT2D eigenvalue weighted by molar-refractivity contribution is 5.86. The van der Waals surface area contributed by atoms with Crippen LogP contribution in [-0.4, -0.2) is 23.9 Å². The van der Waals surface area contributed by atoms with Crippen molar-refractivity contribution in [3.8, 4) is 0 Å². The third-order valence-corrected chi connectivity index (χ3v) is 3.32. The first-order valence-electron chi connectivity index (χ1n) is 6.46. The van der Waals surface area contributed by atoms with Crippen LogP contribution in [0.4, 0.5) is 26.3 Å². The molecular weight excluding hydrogens is 342 g/mol. The molecule has 0 fully saturated rings. The summed E-state index contributed by atoms with van der Waals surface area (Å²) in [6.07, 6.45) is -12.7. The quantitative estimate of drug-likeness (QED) is 0.631. The highest BCUT2D eigenvalue weighted by Crippen LogP contribution is 2.41. The van der Waals surface area contributed by atoms with E-state index in [9.17, 15) is 36.2 Å². The molecule has 2 aromatic rings. The second kappa shape index (κ2) is 5.97. The second-order valence-corrected chi connectivity index (χ2v) is 4.89. The summed E-state index contributed by atoms with van der Waals surface area (Å²) in [5.41, 5.74) is -5.65. The minimum absolute atomic E-state index is 0.174. The molecule has 0 unspecified atom stereocenters. The van der Waals surface area contributed by atoms with E-state index in [1.165, 1.54) is 12.1 Å². The molecule has 0 saturated carbocycles. The van der Waals surface area contributed by atoms with Gasteiger partial charge in [0, 0.05) is 0 Å². The van der Waals surface area contributed by atoms with Crippen molar-refractivity contribution < 1.29 is 41.0 Å². The molecule has 2 aromatic carbocycles. The Morgan fingerprint density at radius 2 is 1.46 bits per heavy atom. The topological polar surface area (TPSA) is 49.4 Å². The Labute approximate surface area is 131 Å².